The fourth-order valence-electron chi connectivity index (χ4n) is 4.58. The highest BCUT2D eigenvalue weighted by Crippen LogP contribution is 2.38. The van der Waals surface area contributed by atoms with Crippen LogP contribution in [0, 0.1) is 17.2 Å². The van der Waals surface area contributed by atoms with E-state index in [4.69, 9.17) is 13.9 Å². The van der Waals surface area contributed by atoms with Crippen LogP contribution in [-0.2, 0) is 16.0 Å². The molecule has 2 aromatic carbocycles. The first-order valence-electron chi connectivity index (χ1n) is 11.5. The summed E-state index contributed by atoms with van der Waals surface area (Å²) in [7, 11) is 0. The van der Waals surface area contributed by atoms with E-state index in [0.717, 1.165) is 0 Å². The third-order valence-corrected chi connectivity index (χ3v) is 6.31. The lowest BCUT2D eigenvalue weighted by Crippen LogP contribution is -2.41. The summed E-state index contributed by atoms with van der Waals surface area (Å²) in [6.45, 7) is 1.09. The molecule has 0 aliphatic carbocycles. The smallest absolute Gasteiger partial charge is 0.484 e. The van der Waals surface area contributed by atoms with Crippen molar-refractivity contribution in [2.45, 2.75) is 37.6 Å². The second-order valence-electron chi connectivity index (χ2n) is 8.81. The van der Waals surface area contributed by atoms with Crippen LogP contribution >= 0.6 is 0 Å². The largest absolute Gasteiger partial charge is 0.573 e. The second kappa shape index (κ2) is 9.70. The minimum atomic E-state index is -4.86. The predicted molar refractivity (Wildman–Crippen MR) is 119 cm³/mol. The number of nitrogens with one attached hydrogen (secondary N) is 1. The van der Waals surface area contributed by atoms with Gasteiger partial charge in [0, 0.05) is 31.2 Å². The highest BCUT2D eigenvalue weighted by molar-refractivity contribution is 5.81. The minimum Gasteiger partial charge on any atom is -0.484 e. The van der Waals surface area contributed by atoms with Crippen LogP contribution in [0.3, 0.4) is 0 Å². The standard InChI is InChI=1S/C25H22F3N3O5/c26-25(27,28)36-19-5-4-14(9-21(19)34-18-6-7-33-13-18)17-8-16(24(32)30-12-17)10-22-31-23-15(11-29)2-1-3-20(23)35-22/h1-5,9,16-18H,6-8,10,12-13H2,(H,30,32)/t16-,17-,18?/m1/s1. The number of benzene rings is 2. The Labute approximate surface area is 203 Å². The SMILES string of the molecule is N#Cc1cccc2oc(C[C@H]3C[C@@H](c4ccc(OC(F)(F)F)c(OC5CCOC5)c4)CNC3=O)nc12. The van der Waals surface area contributed by atoms with E-state index in [1.165, 1.54) is 12.1 Å². The Kier molecular flexibility index (Phi) is 6.45. The fourth-order valence-corrected chi connectivity index (χ4v) is 4.58. The van der Waals surface area contributed by atoms with Crippen LogP contribution < -0.4 is 14.8 Å². The maximum absolute atomic E-state index is 12.9. The molecule has 0 spiro atoms. The first kappa shape index (κ1) is 23.9. The lowest BCUT2D eigenvalue weighted by molar-refractivity contribution is -0.275. The third-order valence-electron chi connectivity index (χ3n) is 6.31. The van der Waals surface area contributed by atoms with Crippen molar-refractivity contribution >= 4 is 17.0 Å². The van der Waals surface area contributed by atoms with Crippen molar-refractivity contribution in [3.8, 4) is 17.6 Å². The molecule has 0 radical (unpaired) electrons. The van der Waals surface area contributed by atoms with E-state index in [-0.39, 0.29) is 36.7 Å². The van der Waals surface area contributed by atoms with Crippen LogP contribution in [0.4, 0.5) is 13.2 Å². The average Bonchev–Trinajstić information content (AvgIpc) is 3.50. The number of carbonyl (C=O) groups is 1. The van der Waals surface area contributed by atoms with Gasteiger partial charge in [0.15, 0.2) is 23.0 Å². The number of piperidine rings is 1. The quantitative estimate of drug-likeness (QED) is 0.539. The zero-order chi connectivity index (χ0) is 25.3. The van der Waals surface area contributed by atoms with Crippen molar-refractivity contribution in [3.05, 3.63) is 53.4 Å². The van der Waals surface area contributed by atoms with Crippen LogP contribution in [0.2, 0.25) is 0 Å². The van der Waals surface area contributed by atoms with Crippen molar-refractivity contribution in [2.75, 3.05) is 19.8 Å². The molecule has 11 heteroatoms. The van der Waals surface area contributed by atoms with E-state index in [1.807, 2.05) is 0 Å². The number of halogens is 3. The van der Waals surface area contributed by atoms with Crippen LogP contribution in [-0.4, -0.2) is 43.1 Å². The number of rotatable bonds is 6. The topological polar surface area (TPSA) is 107 Å². The van der Waals surface area contributed by atoms with E-state index in [1.54, 1.807) is 24.3 Å². The molecule has 1 amide bonds. The number of fused-ring (bicyclic) bond motifs is 1. The number of aromatic nitrogens is 1. The van der Waals surface area contributed by atoms with Gasteiger partial charge in [0.05, 0.1) is 18.8 Å². The molecule has 1 aromatic heterocycles. The Hall–Kier alpha value is -3.78. The molecule has 8 nitrogen and oxygen atoms in total. The molecule has 3 heterocycles. The molecule has 36 heavy (non-hydrogen) atoms. The predicted octanol–water partition coefficient (Wildman–Crippen LogP) is 4.23. The number of nitriles is 1. The number of oxazole rings is 1. The van der Waals surface area contributed by atoms with Gasteiger partial charge in [-0.1, -0.05) is 12.1 Å². The molecule has 0 saturated carbocycles. The van der Waals surface area contributed by atoms with Gasteiger partial charge in [-0.3, -0.25) is 4.79 Å². The highest BCUT2D eigenvalue weighted by Gasteiger charge is 2.35. The third kappa shape index (κ3) is 5.23. The van der Waals surface area contributed by atoms with Crippen molar-refractivity contribution in [1.82, 2.24) is 10.3 Å². The maximum Gasteiger partial charge on any atom is 0.573 e. The molecule has 3 aromatic rings. The molecule has 3 atom stereocenters. The van der Waals surface area contributed by atoms with E-state index >= 15 is 0 Å². The molecular formula is C25H22F3N3O5. The molecule has 1 N–H and O–H groups in total. The number of amides is 1. The fraction of sp³-hybridized carbons (Fsp3) is 0.400. The summed E-state index contributed by atoms with van der Waals surface area (Å²) in [6, 6.07) is 11.4. The molecule has 188 valence electrons. The normalized spacial score (nSPS) is 22.3. The number of hydrogen-bond donors (Lipinski definition) is 1. The summed E-state index contributed by atoms with van der Waals surface area (Å²) in [5, 5.41) is 12.1. The number of ether oxygens (including phenoxy) is 3. The monoisotopic (exact) mass is 501 g/mol. The first-order chi connectivity index (χ1) is 17.3. The molecule has 0 bridgehead atoms. The van der Waals surface area contributed by atoms with Gasteiger partial charge < -0.3 is 23.9 Å². The van der Waals surface area contributed by atoms with Gasteiger partial charge in [-0.15, -0.1) is 13.2 Å². The first-order valence-corrected chi connectivity index (χ1v) is 11.5. The average molecular weight is 501 g/mol. The maximum atomic E-state index is 12.9. The summed E-state index contributed by atoms with van der Waals surface area (Å²) in [5.41, 5.74) is 2.01. The van der Waals surface area contributed by atoms with E-state index in [2.05, 4.69) is 21.1 Å². The number of hydrogen-bond acceptors (Lipinski definition) is 7. The van der Waals surface area contributed by atoms with Gasteiger partial charge in [0.1, 0.15) is 17.7 Å². The van der Waals surface area contributed by atoms with Crippen molar-refractivity contribution in [1.29, 1.82) is 5.26 Å². The van der Waals surface area contributed by atoms with Gasteiger partial charge in [-0.05, 0) is 36.2 Å². The van der Waals surface area contributed by atoms with Crippen LogP contribution in [0.5, 0.6) is 11.5 Å². The van der Waals surface area contributed by atoms with Gasteiger partial charge in [-0.2, -0.15) is 5.26 Å². The van der Waals surface area contributed by atoms with Gasteiger partial charge in [0.2, 0.25) is 5.91 Å². The zero-order valence-corrected chi connectivity index (χ0v) is 19.0. The van der Waals surface area contributed by atoms with Crippen LogP contribution in [0.1, 0.15) is 35.8 Å². The van der Waals surface area contributed by atoms with Crippen LogP contribution in [0.25, 0.3) is 11.1 Å². The van der Waals surface area contributed by atoms with E-state index in [0.29, 0.717) is 54.1 Å². The van der Waals surface area contributed by atoms with Crippen molar-refractivity contribution in [3.63, 3.8) is 0 Å². The van der Waals surface area contributed by atoms with Crippen molar-refractivity contribution in [2.24, 2.45) is 5.92 Å². The Morgan fingerprint density at radius 3 is 2.83 bits per heavy atom. The summed E-state index contributed by atoms with van der Waals surface area (Å²) >= 11 is 0. The molecule has 1 unspecified atom stereocenters. The number of carbonyl (C=O) groups excluding carboxylic acids is 1. The van der Waals surface area contributed by atoms with E-state index in [9.17, 15) is 23.2 Å². The van der Waals surface area contributed by atoms with Gasteiger partial charge in [0.25, 0.3) is 0 Å². The summed E-state index contributed by atoms with van der Waals surface area (Å²) in [6.07, 6.45) is -4.01. The van der Waals surface area contributed by atoms with Gasteiger partial charge in [-0.25, -0.2) is 4.98 Å². The van der Waals surface area contributed by atoms with E-state index < -0.39 is 18.0 Å². The van der Waals surface area contributed by atoms with Crippen molar-refractivity contribution < 1.29 is 36.6 Å². The zero-order valence-electron chi connectivity index (χ0n) is 19.0. The molecular weight excluding hydrogens is 479 g/mol. The molecule has 5 rings (SSSR count). The molecule has 2 aliphatic heterocycles. The number of nitrogens with zero attached hydrogens (tertiary/aromatic N) is 2. The molecule has 2 saturated heterocycles. The van der Waals surface area contributed by atoms with Gasteiger partial charge >= 0.3 is 6.36 Å². The summed E-state index contributed by atoms with van der Waals surface area (Å²) < 4.78 is 59.8. The summed E-state index contributed by atoms with van der Waals surface area (Å²) in [5.74, 6) is -0.903. The summed E-state index contributed by atoms with van der Waals surface area (Å²) in [4.78, 5) is 17.0. The number of alkyl halides is 3. The minimum absolute atomic E-state index is 0.0169. The van der Waals surface area contributed by atoms with Crippen LogP contribution in [0.15, 0.2) is 40.8 Å². The Morgan fingerprint density at radius 2 is 2.08 bits per heavy atom. The second-order valence-corrected chi connectivity index (χ2v) is 8.81. The lowest BCUT2D eigenvalue weighted by atomic mass is 9.83. The number of para-hydroxylation sites is 1. The Balaban J connectivity index is 1.36. The Bertz CT molecular complexity index is 1310. The lowest BCUT2D eigenvalue weighted by Gasteiger charge is -2.29. The highest BCUT2D eigenvalue weighted by atomic mass is 19.4. The Morgan fingerprint density at radius 1 is 1.22 bits per heavy atom. The molecule has 2 fully saturated rings. The molecule has 2 aliphatic rings.